The number of aromatic amines is 1. The number of nitrogens with one attached hydrogen (secondary N) is 3. The molecule has 222 valence electrons. The Bertz CT molecular complexity index is 1630. The molecule has 1 fully saturated rings. The molecular weight excluding hydrogens is 548 g/mol. The first kappa shape index (κ1) is 28.1. The molecule has 0 unspecified atom stereocenters. The van der Waals surface area contributed by atoms with Crippen LogP contribution in [0.2, 0.25) is 0 Å². The summed E-state index contributed by atoms with van der Waals surface area (Å²) in [6.07, 6.45) is 3.15. The van der Waals surface area contributed by atoms with Gasteiger partial charge in [0, 0.05) is 55.1 Å². The number of fused-ring (bicyclic) bond motifs is 8. The Hall–Kier alpha value is -4.99. The van der Waals surface area contributed by atoms with Crippen molar-refractivity contribution >= 4 is 28.6 Å². The van der Waals surface area contributed by atoms with Gasteiger partial charge in [0.1, 0.15) is 11.9 Å². The number of piperidine rings is 1. The maximum atomic E-state index is 13.5. The van der Waals surface area contributed by atoms with E-state index in [9.17, 15) is 14.4 Å². The van der Waals surface area contributed by atoms with Gasteiger partial charge >= 0.3 is 0 Å². The molecule has 0 spiro atoms. The third kappa shape index (κ3) is 6.43. The minimum Gasteiger partial charge on any atom is -0.493 e. The molecule has 7 rings (SSSR count). The van der Waals surface area contributed by atoms with Crippen LogP contribution >= 0.6 is 0 Å². The predicted octanol–water partition coefficient (Wildman–Crippen LogP) is 3.60. The van der Waals surface area contributed by atoms with E-state index in [1.165, 1.54) is 7.11 Å². The molecule has 1 aromatic heterocycles. The average molecular weight is 583 g/mol. The molecule has 4 aromatic rings. The molecule has 3 N–H and O–H groups in total. The first-order valence-corrected chi connectivity index (χ1v) is 14.4. The van der Waals surface area contributed by atoms with Gasteiger partial charge in [-0.25, -0.2) is 0 Å². The number of nitrogens with zero attached hydrogens (tertiary/aromatic N) is 1. The number of aromatic nitrogens is 1. The Kier molecular flexibility index (Phi) is 8.17. The van der Waals surface area contributed by atoms with Crippen molar-refractivity contribution in [2.24, 2.45) is 0 Å². The zero-order valence-electron chi connectivity index (χ0n) is 23.9. The van der Waals surface area contributed by atoms with Crippen molar-refractivity contribution in [3.8, 4) is 17.2 Å². The SMILES string of the molecule is COc1ccc2cc1OCC(=O)NCc1ccc(cc1)O[C@@H]1CCN(C(=O)CCc3c[nH]c4ccccc34)C[C@@H]1NC2=O. The molecule has 10 heteroatoms. The summed E-state index contributed by atoms with van der Waals surface area (Å²) in [7, 11) is 1.50. The Morgan fingerprint density at radius 2 is 1.91 bits per heavy atom. The second kappa shape index (κ2) is 12.5. The van der Waals surface area contributed by atoms with E-state index in [2.05, 4.69) is 21.7 Å². The number of aryl methyl sites for hydroxylation is 1. The second-order valence-corrected chi connectivity index (χ2v) is 10.8. The lowest BCUT2D eigenvalue weighted by molar-refractivity contribution is -0.133. The van der Waals surface area contributed by atoms with Gasteiger partial charge in [0.15, 0.2) is 18.1 Å². The highest BCUT2D eigenvalue weighted by atomic mass is 16.5. The van der Waals surface area contributed by atoms with Gasteiger partial charge in [-0.2, -0.15) is 0 Å². The lowest BCUT2D eigenvalue weighted by Crippen LogP contribution is -2.58. The predicted molar refractivity (Wildman–Crippen MR) is 160 cm³/mol. The highest BCUT2D eigenvalue weighted by molar-refractivity contribution is 5.95. The number of amides is 3. The molecule has 0 radical (unpaired) electrons. The van der Waals surface area contributed by atoms with E-state index in [1.54, 1.807) is 18.2 Å². The van der Waals surface area contributed by atoms with Crippen molar-refractivity contribution in [3.05, 3.63) is 89.6 Å². The van der Waals surface area contributed by atoms with Gasteiger partial charge in [-0.1, -0.05) is 30.3 Å². The van der Waals surface area contributed by atoms with Crippen LogP contribution in [-0.4, -0.2) is 66.6 Å². The lowest BCUT2D eigenvalue weighted by Gasteiger charge is -2.39. The number of methoxy groups -OCH3 is 1. The Labute approximate surface area is 249 Å². The Morgan fingerprint density at radius 3 is 2.74 bits per heavy atom. The van der Waals surface area contributed by atoms with Crippen LogP contribution in [0.3, 0.4) is 0 Å². The smallest absolute Gasteiger partial charge is 0.258 e. The molecule has 4 heterocycles. The highest BCUT2D eigenvalue weighted by Crippen LogP contribution is 2.29. The first-order chi connectivity index (χ1) is 21.0. The Balaban J connectivity index is 1.22. The van der Waals surface area contributed by atoms with Gasteiger partial charge in [-0.3, -0.25) is 14.4 Å². The number of rotatable bonds is 4. The number of para-hydroxylation sites is 1. The minimum atomic E-state index is -0.455. The van der Waals surface area contributed by atoms with Crippen LogP contribution in [0.5, 0.6) is 17.2 Å². The molecule has 0 saturated carbocycles. The summed E-state index contributed by atoms with van der Waals surface area (Å²) in [6.45, 7) is 0.942. The van der Waals surface area contributed by atoms with Crippen LogP contribution in [0.25, 0.3) is 10.9 Å². The number of benzene rings is 3. The molecule has 3 amide bonds. The topological polar surface area (TPSA) is 122 Å². The fraction of sp³-hybridized carbons (Fsp3) is 0.303. The van der Waals surface area contributed by atoms with Crippen molar-refractivity contribution < 1.29 is 28.6 Å². The van der Waals surface area contributed by atoms with E-state index in [1.807, 2.05) is 53.6 Å². The Morgan fingerprint density at radius 1 is 1.07 bits per heavy atom. The van der Waals surface area contributed by atoms with E-state index in [0.29, 0.717) is 56.0 Å². The fourth-order valence-corrected chi connectivity index (χ4v) is 5.61. The monoisotopic (exact) mass is 582 g/mol. The summed E-state index contributed by atoms with van der Waals surface area (Å²) in [6, 6.07) is 19.9. The van der Waals surface area contributed by atoms with Crippen molar-refractivity contribution in [2.75, 3.05) is 26.8 Å². The molecule has 3 aliphatic rings. The van der Waals surface area contributed by atoms with Crippen LogP contribution in [0.1, 0.15) is 34.3 Å². The number of carbonyl (C=O) groups excluding carboxylic acids is 3. The highest BCUT2D eigenvalue weighted by Gasteiger charge is 2.34. The molecule has 0 aliphatic carbocycles. The van der Waals surface area contributed by atoms with E-state index in [4.69, 9.17) is 14.2 Å². The first-order valence-electron chi connectivity index (χ1n) is 14.4. The number of likely N-dealkylation sites (tertiary alicyclic amines) is 1. The van der Waals surface area contributed by atoms with Crippen LogP contribution in [0.15, 0.2) is 72.9 Å². The van der Waals surface area contributed by atoms with E-state index >= 15 is 0 Å². The maximum absolute atomic E-state index is 13.5. The molecule has 3 aromatic carbocycles. The van der Waals surface area contributed by atoms with Gasteiger partial charge < -0.3 is 34.7 Å². The molecule has 1 saturated heterocycles. The third-order valence-corrected chi connectivity index (χ3v) is 7.99. The van der Waals surface area contributed by atoms with Gasteiger partial charge in [-0.15, -0.1) is 0 Å². The van der Waals surface area contributed by atoms with Crippen molar-refractivity contribution in [1.29, 1.82) is 0 Å². The van der Waals surface area contributed by atoms with Crippen molar-refractivity contribution in [1.82, 2.24) is 20.5 Å². The van der Waals surface area contributed by atoms with Crippen molar-refractivity contribution in [3.63, 3.8) is 0 Å². The third-order valence-electron chi connectivity index (χ3n) is 7.99. The van der Waals surface area contributed by atoms with Crippen LogP contribution in [-0.2, 0) is 22.6 Å². The van der Waals surface area contributed by atoms with Crippen LogP contribution in [0.4, 0.5) is 0 Å². The molecule has 4 bridgehead atoms. The van der Waals surface area contributed by atoms with E-state index < -0.39 is 6.04 Å². The number of ether oxygens (including phenoxy) is 3. The van der Waals surface area contributed by atoms with Gasteiger partial charge in [0.05, 0.1) is 13.2 Å². The molecule has 2 atom stereocenters. The van der Waals surface area contributed by atoms with Crippen LogP contribution in [0, 0.1) is 0 Å². The number of H-pyrrole nitrogens is 1. The van der Waals surface area contributed by atoms with Crippen LogP contribution < -0.4 is 24.8 Å². The standard InChI is InChI=1S/C33H34N4O6/c1-41-29-12-8-22-16-30(29)42-20-31(38)35-17-21-6-10-24(11-7-21)43-28-14-15-37(19-27(28)36-33(22)40)32(39)13-9-23-18-34-26-5-3-2-4-25(23)26/h2-8,10-12,16,18,27-28,34H,9,13-15,17,19-20H2,1H3,(H,35,38)(H,36,40)/t27-,28+/m0/s1. The van der Waals surface area contributed by atoms with Crippen molar-refractivity contribution in [2.45, 2.75) is 38.0 Å². The average Bonchev–Trinajstić information content (AvgIpc) is 3.45. The minimum absolute atomic E-state index is 0.0306. The fourth-order valence-electron chi connectivity index (χ4n) is 5.61. The summed E-state index contributed by atoms with van der Waals surface area (Å²) in [5.74, 6) is 0.721. The number of carbonyl (C=O) groups is 3. The lowest BCUT2D eigenvalue weighted by atomic mass is 9.99. The van der Waals surface area contributed by atoms with Gasteiger partial charge in [0.25, 0.3) is 11.8 Å². The van der Waals surface area contributed by atoms with Gasteiger partial charge in [-0.05, 0) is 53.9 Å². The normalized spacial score (nSPS) is 19.0. The summed E-state index contributed by atoms with van der Waals surface area (Å²) in [4.78, 5) is 44.4. The second-order valence-electron chi connectivity index (χ2n) is 10.8. The number of hydrogen-bond donors (Lipinski definition) is 3. The summed E-state index contributed by atoms with van der Waals surface area (Å²) < 4.78 is 17.5. The molecular formula is C33H34N4O6. The largest absolute Gasteiger partial charge is 0.493 e. The molecule has 10 nitrogen and oxygen atoms in total. The molecule has 43 heavy (non-hydrogen) atoms. The zero-order valence-corrected chi connectivity index (χ0v) is 23.9. The quantitative estimate of drug-likeness (QED) is 0.338. The van der Waals surface area contributed by atoms with E-state index in [0.717, 1.165) is 22.0 Å². The summed E-state index contributed by atoms with van der Waals surface area (Å²) in [5.41, 5.74) is 3.40. The zero-order chi connectivity index (χ0) is 29.8. The van der Waals surface area contributed by atoms with E-state index in [-0.39, 0.29) is 36.2 Å². The summed E-state index contributed by atoms with van der Waals surface area (Å²) in [5, 5.41) is 7.05. The molecule has 3 aliphatic heterocycles. The summed E-state index contributed by atoms with van der Waals surface area (Å²) >= 11 is 0. The van der Waals surface area contributed by atoms with Gasteiger partial charge in [0.2, 0.25) is 5.91 Å². The number of hydrogen-bond acceptors (Lipinski definition) is 6. The maximum Gasteiger partial charge on any atom is 0.258 e.